The molecule has 0 saturated carbocycles. The zero-order chi connectivity index (χ0) is 55.7. The Morgan fingerprint density at radius 3 is 0.662 bits per heavy atom. The fourth-order valence-corrected chi connectivity index (χ4v) is 11.0. The van der Waals surface area contributed by atoms with Gasteiger partial charge in [0.25, 0.3) is 0 Å². The van der Waals surface area contributed by atoms with Crippen molar-refractivity contribution in [2.75, 3.05) is 13.2 Å². The summed E-state index contributed by atoms with van der Waals surface area (Å²) in [4.78, 5) is 38.2. The molecule has 0 aliphatic heterocycles. The highest BCUT2D eigenvalue weighted by Gasteiger charge is 2.19. The van der Waals surface area contributed by atoms with Crippen molar-refractivity contribution >= 4 is 17.9 Å². The first-order valence-electron chi connectivity index (χ1n) is 35.2. The van der Waals surface area contributed by atoms with Crippen LogP contribution in [0.25, 0.3) is 0 Å². The average Bonchev–Trinajstić information content (AvgIpc) is 3.43. The Hall–Kier alpha value is -1.85. The third kappa shape index (κ3) is 64.9. The maximum Gasteiger partial charge on any atom is 0.306 e. The van der Waals surface area contributed by atoms with Crippen LogP contribution in [0.2, 0.25) is 0 Å². The number of carbonyl (C=O) groups is 3. The Morgan fingerprint density at radius 1 is 0.247 bits per heavy atom. The largest absolute Gasteiger partial charge is 0.462 e. The van der Waals surface area contributed by atoms with Crippen LogP contribution in [0.4, 0.5) is 0 Å². The second kappa shape index (κ2) is 66.7. The Kier molecular flexibility index (Phi) is 65.1. The van der Waals surface area contributed by atoms with E-state index in [-0.39, 0.29) is 31.1 Å². The topological polar surface area (TPSA) is 78.9 Å². The molecule has 0 aromatic rings. The Morgan fingerprint density at radius 2 is 0.429 bits per heavy atom. The van der Waals surface area contributed by atoms with E-state index in [1.54, 1.807) is 0 Å². The number of esters is 3. The summed E-state index contributed by atoms with van der Waals surface area (Å²) in [6.07, 6.45) is 79.9. The molecule has 0 saturated heterocycles. The monoisotopic (exact) mass is 1090 g/mol. The predicted molar refractivity (Wildman–Crippen MR) is 335 cm³/mol. The van der Waals surface area contributed by atoms with E-state index in [1.165, 1.54) is 302 Å². The van der Waals surface area contributed by atoms with Crippen LogP contribution in [0, 0.1) is 0 Å². The lowest BCUT2D eigenvalue weighted by atomic mass is 10.0. The third-order valence-electron chi connectivity index (χ3n) is 16.3. The van der Waals surface area contributed by atoms with Crippen LogP contribution in [0.5, 0.6) is 0 Å². The molecule has 0 rings (SSSR count). The van der Waals surface area contributed by atoms with Gasteiger partial charge in [0.15, 0.2) is 6.10 Å². The van der Waals surface area contributed by atoms with Crippen molar-refractivity contribution in [2.24, 2.45) is 0 Å². The van der Waals surface area contributed by atoms with Crippen molar-refractivity contribution in [3.8, 4) is 0 Å². The highest BCUT2D eigenvalue weighted by molar-refractivity contribution is 5.71. The molecule has 0 aliphatic carbocycles. The summed E-state index contributed by atoms with van der Waals surface area (Å²) in [6, 6.07) is 0. The summed E-state index contributed by atoms with van der Waals surface area (Å²) >= 11 is 0. The summed E-state index contributed by atoms with van der Waals surface area (Å²) in [5, 5.41) is 0. The number of allylic oxidation sites excluding steroid dienone is 2. The smallest absolute Gasteiger partial charge is 0.306 e. The van der Waals surface area contributed by atoms with E-state index in [0.29, 0.717) is 19.3 Å². The van der Waals surface area contributed by atoms with Gasteiger partial charge in [0.1, 0.15) is 13.2 Å². The second-order valence-corrected chi connectivity index (χ2v) is 24.2. The molecule has 1 atom stereocenters. The molecule has 0 spiro atoms. The molecule has 0 heterocycles. The summed E-state index contributed by atoms with van der Waals surface area (Å²) in [5.41, 5.74) is 0. The number of carbonyl (C=O) groups excluding carboxylic acids is 3. The van der Waals surface area contributed by atoms with Crippen LogP contribution < -0.4 is 0 Å². The molecule has 0 fully saturated rings. The fraction of sp³-hybridized carbons (Fsp3) is 0.930. The molecule has 0 N–H and O–H groups in total. The molecule has 0 amide bonds. The van der Waals surface area contributed by atoms with Gasteiger partial charge in [0.05, 0.1) is 0 Å². The zero-order valence-corrected chi connectivity index (χ0v) is 52.5. The number of ether oxygens (including phenoxy) is 3. The Bertz CT molecular complexity index is 1200. The van der Waals surface area contributed by atoms with Gasteiger partial charge in [-0.05, 0) is 44.9 Å². The molecular weight excluding hydrogens is 949 g/mol. The molecule has 0 radical (unpaired) electrons. The van der Waals surface area contributed by atoms with Crippen LogP contribution in [0.3, 0.4) is 0 Å². The van der Waals surface area contributed by atoms with Crippen LogP contribution in [-0.2, 0) is 28.6 Å². The lowest BCUT2D eigenvalue weighted by molar-refractivity contribution is -0.167. The van der Waals surface area contributed by atoms with E-state index in [0.717, 1.165) is 64.2 Å². The van der Waals surface area contributed by atoms with Crippen LogP contribution in [-0.4, -0.2) is 37.2 Å². The van der Waals surface area contributed by atoms with Gasteiger partial charge in [-0.3, -0.25) is 14.4 Å². The summed E-state index contributed by atoms with van der Waals surface area (Å²) in [5.74, 6) is -0.850. The minimum absolute atomic E-state index is 0.0674. The van der Waals surface area contributed by atoms with E-state index < -0.39 is 6.10 Å². The first kappa shape index (κ1) is 75.2. The van der Waals surface area contributed by atoms with E-state index in [9.17, 15) is 14.4 Å². The highest BCUT2D eigenvalue weighted by atomic mass is 16.6. The van der Waals surface area contributed by atoms with Gasteiger partial charge in [0, 0.05) is 19.3 Å². The standard InChI is InChI=1S/C71H136O6/c1-4-7-10-13-16-19-22-24-25-26-27-28-29-30-31-32-33-34-35-36-37-38-39-40-41-42-43-44-45-47-49-52-55-58-61-64-70(73)76-67-68(66-75-69(72)63-60-57-54-51-48-21-18-15-12-9-6-3)77-71(74)65-62-59-56-53-50-46-23-20-17-14-11-8-5-2/h20,23,68H,4-19,21-22,24-67H2,1-3H3/b23-20-. The zero-order valence-electron chi connectivity index (χ0n) is 52.5. The summed E-state index contributed by atoms with van der Waals surface area (Å²) in [6.45, 7) is 6.68. The van der Waals surface area contributed by atoms with E-state index >= 15 is 0 Å². The normalized spacial score (nSPS) is 12.0. The lowest BCUT2D eigenvalue weighted by Gasteiger charge is -2.18. The first-order valence-corrected chi connectivity index (χ1v) is 35.2. The van der Waals surface area contributed by atoms with Gasteiger partial charge < -0.3 is 14.2 Å². The van der Waals surface area contributed by atoms with Crippen molar-refractivity contribution < 1.29 is 28.6 Å². The van der Waals surface area contributed by atoms with Gasteiger partial charge in [-0.25, -0.2) is 0 Å². The minimum Gasteiger partial charge on any atom is -0.462 e. The van der Waals surface area contributed by atoms with Crippen LogP contribution in [0.1, 0.15) is 406 Å². The Balaban J connectivity index is 3.95. The lowest BCUT2D eigenvalue weighted by Crippen LogP contribution is -2.30. The van der Waals surface area contributed by atoms with Gasteiger partial charge >= 0.3 is 17.9 Å². The van der Waals surface area contributed by atoms with Crippen molar-refractivity contribution in [1.82, 2.24) is 0 Å². The number of rotatable bonds is 66. The minimum atomic E-state index is -0.769. The SMILES string of the molecule is CCCCCC/C=C\CCCCCCCC(=O)OC(COC(=O)CCCCCCCCCCCCC)COC(=O)CCCCCCCCCCCCCCCCCCCCCCCCCCCCCCCCCCCCC. The highest BCUT2D eigenvalue weighted by Crippen LogP contribution is 2.19. The number of hydrogen-bond acceptors (Lipinski definition) is 6. The molecular formula is C71H136O6. The van der Waals surface area contributed by atoms with Gasteiger partial charge in [0.2, 0.25) is 0 Å². The van der Waals surface area contributed by atoms with Crippen molar-refractivity contribution in [1.29, 1.82) is 0 Å². The first-order chi connectivity index (χ1) is 38.0. The Labute approximate surface area is 481 Å². The number of unbranched alkanes of at least 4 members (excludes halogenated alkanes) is 53. The van der Waals surface area contributed by atoms with Crippen molar-refractivity contribution in [3.05, 3.63) is 12.2 Å². The third-order valence-corrected chi connectivity index (χ3v) is 16.3. The molecule has 456 valence electrons. The summed E-state index contributed by atoms with van der Waals surface area (Å²) < 4.78 is 16.9. The maximum absolute atomic E-state index is 12.8. The average molecular weight is 1090 g/mol. The molecule has 0 aromatic heterocycles. The molecule has 0 aliphatic rings. The van der Waals surface area contributed by atoms with Crippen LogP contribution in [0.15, 0.2) is 12.2 Å². The fourth-order valence-electron chi connectivity index (χ4n) is 11.0. The summed E-state index contributed by atoms with van der Waals surface area (Å²) in [7, 11) is 0. The van der Waals surface area contributed by atoms with E-state index in [4.69, 9.17) is 14.2 Å². The van der Waals surface area contributed by atoms with Crippen molar-refractivity contribution in [2.45, 2.75) is 412 Å². The molecule has 77 heavy (non-hydrogen) atoms. The predicted octanol–water partition coefficient (Wildman–Crippen LogP) is 24.0. The van der Waals surface area contributed by atoms with Crippen LogP contribution >= 0.6 is 0 Å². The quantitative estimate of drug-likeness (QED) is 0.0261. The molecule has 0 aromatic carbocycles. The molecule has 0 bridgehead atoms. The maximum atomic E-state index is 12.8. The second-order valence-electron chi connectivity index (χ2n) is 24.2. The molecule has 1 unspecified atom stereocenters. The molecule has 6 heteroatoms. The number of hydrogen-bond donors (Lipinski definition) is 0. The van der Waals surface area contributed by atoms with E-state index in [2.05, 4.69) is 32.9 Å². The van der Waals surface area contributed by atoms with Gasteiger partial charge in [-0.1, -0.05) is 354 Å². The van der Waals surface area contributed by atoms with Gasteiger partial charge in [-0.2, -0.15) is 0 Å². The molecule has 6 nitrogen and oxygen atoms in total. The van der Waals surface area contributed by atoms with Crippen molar-refractivity contribution in [3.63, 3.8) is 0 Å². The van der Waals surface area contributed by atoms with Gasteiger partial charge in [-0.15, -0.1) is 0 Å². The van der Waals surface area contributed by atoms with E-state index in [1.807, 2.05) is 0 Å².